The highest BCUT2D eigenvalue weighted by atomic mass is 35.5. The van der Waals surface area contributed by atoms with E-state index in [-0.39, 0.29) is 18.4 Å². The van der Waals surface area contributed by atoms with Gasteiger partial charge in [0, 0.05) is 22.0 Å². The summed E-state index contributed by atoms with van der Waals surface area (Å²) in [5.74, 6) is -0.541. The minimum Gasteiger partial charge on any atom is -0.325 e. The van der Waals surface area contributed by atoms with Crippen molar-refractivity contribution in [3.63, 3.8) is 0 Å². The molecule has 0 radical (unpaired) electrons. The maximum absolute atomic E-state index is 12.2. The number of nitrogens with two attached hydrogens (primary N) is 1. The first-order valence-corrected chi connectivity index (χ1v) is 7.05. The molecule has 2 aromatic rings. The third kappa shape index (κ3) is 4.07. The molecule has 0 spiro atoms. The topological polar surface area (TPSA) is 84.2 Å². The van der Waals surface area contributed by atoms with Gasteiger partial charge in [-0.15, -0.1) is 0 Å². The predicted molar refractivity (Wildman–Crippen MR) is 88.3 cm³/mol. The summed E-state index contributed by atoms with van der Waals surface area (Å²) in [7, 11) is 0. The van der Waals surface area contributed by atoms with E-state index in [2.05, 4.69) is 10.6 Å². The second-order valence-corrected chi connectivity index (χ2v) is 5.18. The Kier molecular flexibility index (Phi) is 5.14. The van der Waals surface area contributed by atoms with E-state index in [0.29, 0.717) is 22.0 Å². The van der Waals surface area contributed by atoms with Crippen LogP contribution in [0.15, 0.2) is 42.5 Å². The molecule has 4 N–H and O–H groups in total. The molecule has 6 heteroatoms. The van der Waals surface area contributed by atoms with Crippen molar-refractivity contribution < 1.29 is 9.59 Å². The Labute approximate surface area is 133 Å². The number of carbonyl (C=O) groups is 2. The molecule has 0 unspecified atom stereocenters. The van der Waals surface area contributed by atoms with Crippen LogP contribution in [0.2, 0.25) is 5.02 Å². The number of aryl methyl sites for hydroxylation is 1. The van der Waals surface area contributed by atoms with E-state index < -0.39 is 0 Å². The predicted octanol–water partition coefficient (Wildman–Crippen LogP) is 2.80. The fourth-order valence-electron chi connectivity index (χ4n) is 1.84. The van der Waals surface area contributed by atoms with Crippen LogP contribution in [-0.2, 0) is 4.79 Å². The molecule has 0 aliphatic rings. The summed E-state index contributed by atoms with van der Waals surface area (Å²) in [6.07, 6.45) is 0. The zero-order chi connectivity index (χ0) is 16.1. The molecule has 0 saturated heterocycles. The van der Waals surface area contributed by atoms with E-state index >= 15 is 0 Å². The van der Waals surface area contributed by atoms with Gasteiger partial charge in [-0.1, -0.05) is 17.7 Å². The Bertz CT molecular complexity index is 699. The second kappa shape index (κ2) is 7.06. The fourth-order valence-corrected chi connectivity index (χ4v) is 1.97. The molecule has 0 heterocycles. The van der Waals surface area contributed by atoms with E-state index in [4.69, 9.17) is 17.3 Å². The van der Waals surface area contributed by atoms with Gasteiger partial charge in [-0.25, -0.2) is 0 Å². The van der Waals surface area contributed by atoms with Crippen molar-refractivity contribution in [1.82, 2.24) is 0 Å². The smallest absolute Gasteiger partial charge is 0.255 e. The Morgan fingerprint density at radius 1 is 1.09 bits per heavy atom. The van der Waals surface area contributed by atoms with Gasteiger partial charge in [0.15, 0.2) is 0 Å². The fraction of sp³-hybridized carbons (Fsp3) is 0.125. The number of halogens is 1. The molecule has 22 heavy (non-hydrogen) atoms. The summed E-state index contributed by atoms with van der Waals surface area (Å²) in [6.45, 7) is 1.77. The van der Waals surface area contributed by atoms with Crippen molar-refractivity contribution in [3.05, 3.63) is 58.6 Å². The number of hydrogen-bond donors (Lipinski definition) is 3. The monoisotopic (exact) mass is 317 g/mol. The Morgan fingerprint density at radius 2 is 1.77 bits per heavy atom. The molecule has 5 nitrogen and oxygen atoms in total. The number of anilines is 2. The molecular formula is C16H16ClN3O2. The lowest BCUT2D eigenvalue weighted by Crippen LogP contribution is -2.22. The second-order valence-electron chi connectivity index (χ2n) is 4.74. The first-order chi connectivity index (χ1) is 10.5. The molecule has 2 amide bonds. The quantitative estimate of drug-likeness (QED) is 0.810. The maximum Gasteiger partial charge on any atom is 0.255 e. The van der Waals surface area contributed by atoms with E-state index in [9.17, 15) is 9.59 Å². The highest BCUT2D eigenvalue weighted by molar-refractivity contribution is 6.30. The number of nitrogens with one attached hydrogen (secondary N) is 2. The van der Waals surface area contributed by atoms with Gasteiger partial charge in [-0.2, -0.15) is 0 Å². The summed E-state index contributed by atoms with van der Waals surface area (Å²) >= 11 is 5.80. The summed E-state index contributed by atoms with van der Waals surface area (Å²) in [6, 6.07) is 11.9. The van der Waals surface area contributed by atoms with Gasteiger partial charge in [0.2, 0.25) is 5.91 Å². The number of carbonyl (C=O) groups excluding carboxylic acids is 2. The van der Waals surface area contributed by atoms with Gasteiger partial charge in [-0.3, -0.25) is 9.59 Å². The van der Waals surface area contributed by atoms with Crippen LogP contribution in [0.25, 0.3) is 0 Å². The van der Waals surface area contributed by atoms with E-state index in [1.54, 1.807) is 36.4 Å². The van der Waals surface area contributed by atoms with Gasteiger partial charge >= 0.3 is 0 Å². The van der Waals surface area contributed by atoms with E-state index in [0.717, 1.165) is 5.56 Å². The summed E-state index contributed by atoms with van der Waals surface area (Å²) < 4.78 is 0. The third-order valence-corrected chi connectivity index (χ3v) is 3.31. The third-order valence-electron chi connectivity index (χ3n) is 3.06. The summed E-state index contributed by atoms with van der Waals surface area (Å²) in [5.41, 5.74) is 7.84. The van der Waals surface area contributed by atoms with Crippen LogP contribution in [0.5, 0.6) is 0 Å². The minimum absolute atomic E-state index is 0.0969. The lowest BCUT2D eigenvalue weighted by Gasteiger charge is -2.11. The minimum atomic E-state index is -0.293. The van der Waals surface area contributed by atoms with Crippen molar-refractivity contribution in [2.75, 3.05) is 17.2 Å². The van der Waals surface area contributed by atoms with E-state index in [1.165, 1.54) is 0 Å². The van der Waals surface area contributed by atoms with Crippen molar-refractivity contribution >= 4 is 34.8 Å². The zero-order valence-corrected chi connectivity index (χ0v) is 12.8. The molecule has 114 valence electrons. The van der Waals surface area contributed by atoms with Gasteiger partial charge in [0.25, 0.3) is 5.91 Å². The van der Waals surface area contributed by atoms with Crippen LogP contribution < -0.4 is 16.4 Å². The van der Waals surface area contributed by atoms with Crippen LogP contribution in [0.1, 0.15) is 15.9 Å². The molecule has 2 rings (SSSR count). The van der Waals surface area contributed by atoms with Gasteiger partial charge in [0.05, 0.1) is 6.54 Å². The summed E-state index contributed by atoms with van der Waals surface area (Å²) in [4.78, 5) is 23.5. The average molecular weight is 318 g/mol. The maximum atomic E-state index is 12.2. The first kappa shape index (κ1) is 16.0. The number of benzene rings is 2. The Morgan fingerprint density at radius 3 is 2.41 bits per heavy atom. The number of rotatable bonds is 4. The lowest BCUT2D eigenvalue weighted by molar-refractivity contribution is -0.114. The average Bonchev–Trinajstić information content (AvgIpc) is 2.51. The molecule has 2 aromatic carbocycles. The normalized spacial score (nSPS) is 10.1. The van der Waals surface area contributed by atoms with Crippen LogP contribution in [0, 0.1) is 6.92 Å². The van der Waals surface area contributed by atoms with Crippen LogP contribution in [0.4, 0.5) is 11.4 Å². The molecular weight excluding hydrogens is 302 g/mol. The van der Waals surface area contributed by atoms with E-state index in [1.807, 2.05) is 13.0 Å². The van der Waals surface area contributed by atoms with Crippen LogP contribution in [0.3, 0.4) is 0 Å². The lowest BCUT2D eigenvalue weighted by atomic mass is 10.1. The number of amides is 2. The molecule has 0 saturated carbocycles. The molecule has 0 aromatic heterocycles. The van der Waals surface area contributed by atoms with Gasteiger partial charge < -0.3 is 16.4 Å². The largest absolute Gasteiger partial charge is 0.325 e. The number of hydrogen-bond acceptors (Lipinski definition) is 3. The molecule has 0 aliphatic heterocycles. The molecule has 0 aliphatic carbocycles. The molecule has 0 fully saturated rings. The van der Waals surface area contributed by atoms with Crippen molar-refractivity contribution in [2.24, 2.45) is 5.73 Å². The van der Waals surface area contributed by atoms with Crippen molar-refractivity contribution in [2.45, 2.75) is 6.92 Å². The van der Waals surface area contributed by atoms with Crippen molar-refractivity contribution in [3.8, 4) is 0 Å². The highest BCUT2D eigenvalue weighted by Crippen LogP contribution is 2.21. The Hall–Kier alpha value is -2.37. The molecule has 0 atom stereocenters. The van der Waals surface area contributed by atoms with Gasteiger partial charge in [0.1, 0.15) is 0 Å². The summed E-state index contributed by atoms with van der Waals surface area (Å²) in [5, 5.41) is 6.03. The van der Waals surface area contributed by atoms with Crippen LogP contribution >= 0.6 is 11.6 Å². The van der Waals surface area contributed by atoms with Gasteiger partial charge in [-0.05, 0) is 48.9 Å². The Balaban J connectivity index is 2.17. The van der Waals surface area contributed by atoms with Crippen molar-refractivity contribution in [1.29, 1.82) is 0 Å². The molecule has 0 bridgehead atoms. The standard InChI is InChI=1S/C16H16ClN3O2/c1-10-2-7-13(19-15(21)9-18)8-14(10)20-16(22)11-3-5-12(17)6-4-11/h2-8H,9,18H2,1H3,(H,19,21)(H,20,22). The van der Waals surface area contributed by atoms with Crippen LogP contribution in [-0.4, -0.2) is 18.4 Å². The zero-order valence-electron chi connectivity index (χ0n) is 12.0. The SMILES string of the molecule is Cc1ccc(NC(=O)CN)cc1NC(=O)c1ccc(Cl)cc1. The highest BCUT2D eigenvalue weighted by Gasteiger charge is 2.09. The first-order valence-electron chi connectivity index (χ1n) is 6.67.